The lowest BCUT2D eigenvalue weighted by Crippen LogP contribution is -2.13. The molecule has 9 nitrogen and oxygen atoms in total. The van der Waals surface area contributed by atoms with Crippen molar-refractivity contribution < 1.29 is 19.2 Å². The van der Waals surface area contributed by atoms with Crippen molar-refractivity contribution in [1.82, 2.24) is 4.98 Å². The van der Waals surface area contributed by atoms with Gasteiger partial charge in [0.25, 0.3) is 11.6 Å². The monoisotopic (exact) mass is 418 g/mol. The lowest BCUT2D eigenvalue weighted by atomic mass is 10.2. The van der Waals surface area contributed by atoms with Crippen LogP contribution in [0.25, 0.3) is 6.08 Å². The predicted molar refractivity (Wildman–Crippen MR) is 116 cm³/mol. The third kappa shape index (κ3) is 5.73. The highest BCUT2D eigenvalue weighted by Gasteiger charge is 2.11. The van der Waals surface area contributed by atoms with Gasteiger partial charge in [-0.2, -0.15) is 0 Å². The van der Waals surface area contributed by atoms with E-state index in [0.29, 0.717) is 28.3 Å². The number of pyridine rings is 1. The minimum Gasteiger partial charge on any atom is -0.494 e. The number of rotatable bonds is 7. The molecule has 2 aromatic carbocycles. The van der Waals surface area contributed by atoms with Crippen LogP contribution in [-0.2, 0) is 4.79 Å². The first-order chi connectivity index (χ1) is 15.0. The van der Waals surface area contributed by atoms with Gasteiger partial charge in [0.1, 0.15) is 5.75 Å². The molecular weight excluding hydrogens is 400 g/mol. The zero-order chi connectivity index (χ0) is 22.2. The lowest BCUT2D eigenvalue weighted by molar-refractivity contribution is -0.384. The summed E-state index contributed by atoms with van der Waals surface area (Å²) >= 11 is 0. The number of carbonyl (C=O) groups excluding carboxylic acids is 2. The van der Waals surface area contributed by atoms with Crippen molar-refractivity contribution in [2.24, 2.45) is 0 Å². The number of nitro groups is 1. The second-order valence-electron chi connectivity index (χ2n) is 6.29. The fourth-order valence-corrected chi connectivity index (χ4v) is 2.66. The fraction of sp³-hybridized carbons (Fsp3) is 0.0455. The van der Waals surface area contributed by atoms with Crippen molar-refractivity contribution >= 4 is 35.0 Å². The van der Waals surface area contributed by atoms with E-state index in [-0.39, 0.29) is 11.6 Å². The number of hydrogen-bond acceptors (Lipinski definition) is 6. The number of non-ortho nitro benzene ring substituents is 1. The van der Waals surface area contributed by atoms with Crippen LogP contribution >= 0.6 is 0 Å². The molecule has 0 bridgehead atoms. The Morgan fingerprint density at radius 1 is 1.10 bits per heavy atom. The quantitative estimate of drug-likeness (QED) is 0.341. The molecule has 0 unspecified atom stereocenters. The zero-order valence-corrected chi connectivity index (χ0v) is 16.4. The van der Waals surface area contributed by atoms with Crippen molar-refractivity contribution in [3.05, 3.63) is 94.3 Å². The molecule has 0 atom stereocenters. The highest BCUT2D eigenvalue weighted by molar-refractivity contribution is 6.05. The van der Waals surface area contributed by atoms with E-state index in [2.05, 4.69) is 15.6 Å². The Kier molecular flexibility index (Phi) is 6.69. The number of nitro benzene ring substituents is 1. The minimum atomic E-state index is -0.502. The Labute approximate surface area is 177 Å². The Hall–Kier alpha value is -4.53. The number of aromatic nitrogens is 1. The van der Waals surface area contributed by atoms with Crippen molar-refractivity contribution in [1.29, 1.82) is 0 Å². The van der Waals surface area contributed by atoms with E-state index in [0.717, 1.165) is 0 Å². The zero-order valence-electron chi connectivity index (χ0n) is 16.4. The molecule has 1 heterocycles. The van der Waals surface area contributed by atoms with Crippen molar-refractivity contribution in [2.45, 2.75) is 0 Å². The van der Waals surface area contributed by atoms with Crippen LogP contribution in [-0.4, -0.2) is 28.8 Å². The van der Waals surface area contributed by atoms with Gasteiger partial charge < -0.3 is 15.4 Å². The third-order valence-electron chi connectivity index (χ3n) is 4.15. The summed E-state index contributed by atoms with van der Waals surface area (Å²) in [6, 6.07) is 14.0. The van der Waals surface area contributed by atoms with Crippen LogP contribution in [0, 0.1) is 10.1 Å². The van der Waals surface area contributed by atoms with E-state index >= 15 is 0 Å². The molecule has 0 fully saturated rings. The number of carbonyl (C=O) groups is 2. The Bertz CT molecular complexity index is 1150. The lowest BCUT2D eigenvalue weighted by Gasteiger charge is -2.12. The summed E-state index contributed by atoms with van der Waals surface area (Å²) in [5.74, 6) is -0.415. The van der Waals surface area contributed by atoms with Crippen LogP contribution in [0.2, 0.25) is 0 Å². The van der Waals surface area contributed by atoms with Gasteiger partial charge in [0, 0.05) is 42.4 Å². The number of benzene rings is 2. The van der Waals surface area contributed by atoms with Gasteiger partial charge in [-0.1, -0.05) is 12.1 Å². The van der Waals surface area contributed by atoms with Crippen molar-refractivity contribution in [3.63, 3.8) is 0 Å². The van der Waals surface area contributed by atoms with E-state index in [1.165, 1.54) is 37.6 Å². The SMILES string of the molecule is COc1cc(NC(=O)/C=C/c2cccc([N+](=O)[O-])c2)ccc1NC(=O)c1cccnc1. The van der Waals surface area contributed by atoms with Gasteiger partial charge in [0.15, 0.2) is 0 Å². The van der Waals surface area contributed by atoms with Gasteiger partial charge in [-0.05, 0) is 35.9 Å². The first-order valence-corrected chi connectivity index (χ1v) is 9.09. The third-order valence-corrected chi connectivity index (χ3v) is 4.15. The standard InChI is InChI=1S/C22H18N4O5/c1-31-20-13-17(8-9-19(20)25-22(28)16-5-3-11-23-14-16)24-21(27)10-7-15-4-2-6-18(12-15)26(29)30/h2-14H,1H3,(H,24,27)(H,25,28)/b10-7+. The van der Waals surface area contributed by atoms with Crippen molar-refractivity contribution in [2.75, 3.05) is 17.7 Å². The molecule has 3 aromatic rings. The van der Waals surface area contributed by atoms with Crippen LogP contribution in [0.15, 0.2) is 73.1 Å². The highest BCUT2D eigenvalue weighted by Crippen LogP contribution is 2.28. The molecule has 0 saturated carbocycles. The van der Waals surface area contributed by atoms with Gasteiger partial charge >= 0.3 is 0 Å². The largest absolute Gasteiger partial charge is 0.494 e. The number of amides is 2. The summed E-state index contributed by atoms with van der Waals surface area (Å²) in [6.07, 6.45) is 5.76. The molecule has 1 aromatic heterocycles. The summed E-state index contributed by atoms with van der Waals surface area (Å²) in [5, 5.41) is 16.2. The normalized spacial score (nSPS) is 10.5. The number of ether oxygens (including phenoxy) is 1. The second-order valence-corrected chi connectivity index (χ2v) is 6.29. The van der Waals surface area contributed by atoms with Crippen LogP contribution < -0.4 is 15.4 Å². The first-order valence-electron chi connectivity index (χ1n) is 9.09. The van der Waals surface area contributed by atoms with Crippen LogP contribution in [0.4, 0.5) is 17.1 Å². The molecule has 0 spiro atoms. The minimum absolute atomic E-state index is 0.0591. The fourth-order valence-electron chi connectivity index (χ4n) is 2.66. The molecule has 156 valence electrons. The Morgan fingerprint density at radius 3 is 2.65 bits per heavy atom. The summed E-state index contributed by atoms with van der Waals surface area (Å²) in [6.45, 7) is 0. The summed E-state index contributed by atoms with van der Waals surface area (Å²) < 4.78 is 5.31. The Morgan fingerprint density at radius 2 is 1.94 bits per heavy atom. The van der Waals surface area contributed by atoms with E-state index in [9.17, 15) is 19.7 Å². The summed E-state index contributed by atoms with van der Waals surface area (Å²) in [7, 11) is 1.45. The van der Waals surface area contributed by atoms with Gasteiger partial charge in [0.05, 0.1) is 23.3 Å². The van der Waals surface area contributed by atoms with Gasteiger partial charge in [0.2, 0.25) is 5.91 Å². The average Bonchev–Trinajstić information content (AvgIpc) is 2.79. The maximum atomic E-state index is 12.3. The number of anilines is 2. The van der Waals surface area contributed by atoms with E-state index < -0.39 is 10.8 Å². The Balaban J connectivity index is 1.68. The van der Waals surface area contributed by atoms with Gasteiger partial charge in [-0.25, -0.2) is 0 Å². The molecule has 2 amide bonds. The second kappa shape index (κ2) is 9.79. The molecule has 9 heteroatoms. The van der Waals surface area contributed by atoms with E-state index in [1.807, 2.05) is 0 Å². The topological polar surface area (TPSA) is 123 Å². The van der Waals surface area contributed by atoms with E-state index in [1.54, 1.807) is 48.7 Å². The summed E-state index contributed by atoms with van der Waals surface area (Å²) in [5.41, 5.74) is 1.74. The molecular formula is C22H18N4O5. The number of methoxy groups -OCH3 is 1. The number of nitrogens with one attached hydrogen (secondary N) is 2. The van der Waals surface area contributed by atoms with E-state index in [4.69, 9.17) is 4.74 Å². The van der Waals surface area contributed by atoms with Gasteiger partial charge in [-0.3, -0.25) is 24.7 Å². The van der Waals surface area contributed by atoms with Crippen molar-refractivity contribution in [3.8, 4) is 5.75 Å². The number of nitrogens with zero attached hydrogens (tertiary/aromatic N) is 2. The maximum absolute atomic E-state index is 12.3. The summed E-state index contributed by atoms with van der Waals surface area (Å²) in [4.78, 5) is 38.7. The smallest absolute Gasteiger partial charge is 0.270 e. The van der Waals surface area contributed by atoms with Crippen LogP contribution in [0.5, 0.6) is 5.75 Å². The first kappa shape index (κ1) is 21.2. The molecule has 3 rings (SSSR count). The highest BCUT2D eigenvalue weighted by atomic mass is 16.6. The van der Waals surface area contributed by atoms with Crippen LogP contribution in [0.1, 0.15) is 15.9 Å². The molecule has 0 saturated heterocycles. The molecule has 31 heavy (non-hydrogen) atoms. The molecule has 2 N–H and O–H groups in total. The average molecular weight is 418 g/mol. The van der Waals surface area contributed by atoms with Gasteiger partial charge in [-0.15, -0.1) is 0 Å². The molecule has 0 aliphatic carbocycles. The molecule has 0 radical (unpaired) electrons. The van der Waals surface area contributed by atoms with Crippen LogP contribution in [0.3, 0.4) is 0 Å². The maximum Gasteiger partial charge on any atom is 0.270 e. The predicted octanol–water partition coefficient (Wildman–Crippen LogP) is 3.90. The molecule has 0 aliphatic rings. The number of hydrogen-bond donors (Lipinski definition) is 2. The molecule has 0 aliphatic heterocycles.